The van der Waals surface area contributed by atoms with Crippen molar-refractivity contribution in [2.75, 3.05) is 31.5 Å². The van der Waals surface area contributed by atoms with Gasteiger partial charge in [-0.15, -0.1) is 0 Å². The van der Waals surface area contributed by atoms with Crippen LogP contribution in [0.15, 0.2) is 60.8 Å². The predicted octanol–water partition coefficient (Wildman–Crippen LogP) is 5.02. The number of anilines is 2. The fourth-order valence-electron chi connectivity index (χ4n) is 4.38. The van der Waals surface area contributed by atoms with Crippen LogP contribution in [0.2, 0.25) is 0 Å². The van der Waals surface area contributed by atoms with Crippen LogP contribution in [0.25, 0.3) is 10.9 Å². The molecule has 2 aromatic heterocycles. The van der Waals surface area contributed by atoms with Crippen LogP contribution in [-0.4, -0.2) is 51.9 Å². The normalized spacial score (nSPS) is 14.1. The van der Waals surface area contributed by atoms with E-state index in [9.17, 15) is 4.79 Å². The first-order valence-corrected chi connectivity index (χ1v) is 12.1. The SMILES string of the molecule is Cc1cc2cc(Oc3ccnc(Nc4cccc(C(=O)NCCN5CCCCC5)c4)n3)ccc2[nH]1. The molecule has 0 aliphatic carbocycles. The van der Waals surface area contributed by atoms with Crippen LogP contribution in [-0.2, 0) is 0 Å². The molecular weight excluding hydrogens is 440 g/mol. The number of hydrogen-bond donors (Lipinski definition) is 3. The van der Waals surface area contributed by atoms with Crippen LogP contribution < -0.4 is 15.4 Å². The third kappa shape index (κ3) is 5.96. The molecule has 0 unspecified atom stereocenters. The average Bonchev–Trinajstić information content (AvgIpc) is 3.24. The number of aryl methyl sites for hydroxylation is 1. The molecular formula is C27H30N6O2. The fourth-order valence-corrected chi connectivity index (χ4v) is 4.38. The third-order valence-corrected chi connectivity index (χ3v) is 6.12. The number of hydrogen-bond acceptors (Lipinski definition) is 6. The van der Waals surface area contributed by atoms with Gasteiger partial charge in [0.2, 0.25) is 11.8 Å². The number of carbonyl (C=O) groups is 1. The van der Waals surface area contributed by atoms with E-state index in [1.54, 1.807) is 24.4 Å². The third-order valence-electron chi connectivity index (χ3n) is 6.12. The topological polar surface area (TPSA) is 95.2 Å². The van der Waals surface area contributed by atoms with Crippen LogP contribution in [0.1, 0.15) is 35.3 Å². The summed E-state index contributed by atoms with van der Waals surface area (Å²) in [4.78, 5) is 27.1. The van der Waals surface area contributed by atoms with Gasteiger partial charge in [0, 0.05) is 53.2 Å². The number of likely N-dealkylation sites (tertiary alicyclic amines) is 1. The summed E-state index contributed by atoms with van der Waals surface area (Å²) in [6.45, 7) is 5.81. The molecule has 180 valence electrons. The summed E-state index contributed by atoms with van der Waals surface area (Å²) in [5.41, 5.74) is 3.49. The number of ether oxygens (including phenoxy) is 1. The molecule has 8 heteroatoms. The molecule has 2 aromatic carbocycles. The van der Waals surface area contributed by atoms with Gasteiger partial charge in [0.15, 0.2) is 0 Å². The number of amides is 1. The highest BCUT2D eigenvalue weighted by molar-refractivity contribution is 5.95. The lowest BCUT2D eigenvalue weighted by Crippen LogP contribution is -2.37. The van der Waals surface area contributed by atoms with E-state index in [1.165, 1.54) is 19.3 Å². The Morgan fingerprint density at radius 1 is 1.09 bits per heavy atom. The lowest BCUT2D eigenvalue weighted by Gasteiger charge is -2.26. The van der Waals surface area contributed by atoms with Gasteiger partial charge in [-0.1, -0.05) is 12.5 Å². The molecule has 1 amide bonds. The molecule has 3 N–H and O–H groups in total. The molecule has 3 heterocycles. The minimum atomic E-state index is -0.0842. The molecule has 35 heavy (non-hydrogen) atoms. The van der Waals surface area contributed by atoms with E-state index in [0.717, 1.165) is 41.9 Å². The predicted molar refractivity (Wildman–Crippen MR) is 137 cm³/mol. The maximum Gasteiger partial charge on any atom is 0.251 e. The first kappa shape index (κ1) is 22.9. The molecule has 0 radical (unpaired) electrons. The Bertz CT molecular complexity index is 1310. The zero-order chi connectivity index (χ0) is 24.0. The summed E-state index contributed by atoms with van der Waals surface area (Å²) in [6, 6.07) is 17.0. The van der Waals surface area contributed by atoms with Crippen molar-refractivity contribution < 1.29 is 9.53 Å². The maximum absolute atomic E-state index is 12.6. The molecule has 4 aromatic rings. The minimum Gasteiger partial charge on any atom is -0.439 e. The molecule has 0 atom stereocenters. The minimum absolute atomic E-state index is 0.0842. The zero-order valence-corrected chi connectivity index (χ0v) is 19.9. The number of aromatic nitrogens is 3. The van der Waals surface area contributed by atoms with E-state index < -0.39 is 0 Å². The first-order valence-electron chi connectivity index (χ1n) is 12.1. The Morgan fingerprint density at radius 2 is 1.97 bits per heavy atom. The van der Waals surface area contributed by atoms with E-state index in [0.29, 0.717) is 29.7 Å². The maximum atomic E-state index is 12.6. The molecule has 1 aliphatic heterocycles. The number of piperidine rings is 1. The molecule has 0 bridgehead atoms. The molecule has 1 saturated heterocycles. The van der Waals surface area contributed by atoms with Crippen LogP contribution in [0, 0.1) is 6.92 Å². The lowest BCUT2D eigenvalue weighted by molar-refractivity contribution is 0.0946. The molecule has 1 fully saturated rings. The number of nitrogens with zero attached hydrogens (tertiary/aromatic N) is 3. The van der Waals surface area contributed by atoms with Crippen LogP contribution in [0.3, 0.4) is 0 Å². The van der Waals surface area contributed by atoms with Gasteiger partial charge in [0.1, 0.15) is 5.75 Å². The van der Waals surface area contributed by atoms with Crippen molar-refractivity contribution in [3.05, 3.63) is 72.1 Å². The Hall–Kier alpha value is -3.91. The number of rotatable bonds is 8. The van der Waals surface area contributed by atoms with Crippen LogP contribution in [0.5, 0.6) is 11.6 Å². The van der Waals surface area contributed by atoms with Crippen molar-refractivity contribution >= 4 is 28.4 Å². The average molecular weight is 471 g/mol. The number of carbonyl (C=O) groups excluding carboxylic acids is 1. The smallest absolute Gasteiger partial charge is 0.251 e. The molecule has 1 aliphatic rings. The highest BCUT2D eigenvalue weighted by Crippen LogP contribution is 2.26. The van der Waals surface area contributed by atoms with Gasteiger partial charge >= 0.3 is 0 Å². The highest BCUT2D eigenvalue weighted by atomic mass is 16.5. The summed E-state index contributed by atoms with van der Waals surface area (Å²) in [5, 5.41) is 7.28. The second-order valence-corrected chi connectivity index (χ2v) is 8.89. The zero-order valence-electron chi connectivity index (χ0n) is 19.9. The first-order chi connectivity index (χ1) is 17.1. The fraction of sp³-hybridized carbons (Fsp3) is 0.296. The van der Waals surface area contributed by atoms with Crippen molar-refractivity contribution in [2.45, 2.75) is 26.2 Å². The number of fused-ring (bicyclic) bond motifs is 1. The van der Waals surface area contributed by atoms with Gasteiger partial charge in [-0.3, -0.25) is 4.79 Å². The molecule has 5 rings (SSSR count). The van der Waals surface area contributed by atoms with Crippen molar-refractivity contribution in [3.63, 3.8) is 0 Å². The summed E-state index contributed by atoms with van der Waals surface area (Å²) in [5.74, 6) is 1.44. The Balaban J connectivity index is 1.20. The van der Waals surface area contributed by atoms with Gasteiger partial charge < -0.3 is 25.3 Å². The van der Waals surface area contributed by atoms with Gasteiger partial charge in [-0.25, -0.2) is 4.98 Å². The number of benzene rings is 2. The van der Waals surface area contributed by atoms with E-state index in [4.69, 9.17) is 4.74 Å². The van der Waals surface area contributed by atoms with E-state index in [2.05, 4.69) is 36.6 Å². The summed E-state index contributed by atoms with van der Waals surface area (Å²) in [7, 11) is 0. The summed E-state index contributed by atoms with van der Waals surface area (Å²) >= 11 is 0. The van der Waals surface area contributed by atoms with Crippen LogP contribution in [0.4, 0.5) is 11.6 Å². The second-order valence-electron chi connectivity index (χ2n) is 8.89. The number of nitrogens with one attached hydrogen (secondary N) is 3. The molecule has 0 saturated carbocycles. The van der Waals surface area contributed by atoms with Gasteiger partial charge in [0.25, 0.3) is 5.91 Å². The summed E-state index contributed by atoms with van der Waals surface area (Å²) < 4.78 is 5.96. The quantitative estimate of drug-likeness (QED) is 0.335. The van der Waals surface area contributed by atoms with Gasteiger partial charge in [0.05, 0.1) is 0 Å². The van der Waals surface area contributed by atoms with Crippen molar-refractivity contribution in [1.29, 1.82) is 0 Å². The van der Waals surface area contributed by atoms with Crippen molar-refractivity contribution in [3.8, 4) is 11.6 Å². The largest absolute Gasteiger partial charge is 0.439 e. The van der Waals surface area contributed by atoms with E-state index in [1.807, 2.05) is 37.3 Å². The van der Waals surface area contributed by atoms with Crippen molar-refractivity contribution in [2.24, 2.45) is 0 Å². The molecule has 8 nitrogen and oxygen atoms in total. The lowest BCUT2D eigenvalue weighted by atomic mass is 10.1. The highest BCUT2D eigenvalue weighted by Gasteiger charge is 2.11. The molecule has 0 spiro atoms. The summed E-state index contributed by atoms with van der Waals surface area (Å²) in [6.07, 6.45) is 5.45. The number of H-pyrrole nitrogens is 1. The standard InChI is InChI=1S/C27H30N6O2/c1-19-16-21-18-23(8-9-24(21)30-19)35-25-10-11-29-27(32-25)31-22-7-5-6-20(17-22)26(34)28-12-15-33-13-3-2-4-14-33/h5-11,16-18,30H,2-4,12-15H2,1H3,(H,28,34)(H,29,31,32). The van der Waals surface area contributed by atoms with Crippen molar-refractivity contribution in [1.82, 2.24) is 25.2 Å². The Kier molecular flexibility index (Phi) is 6.90. The Morgan fingerprint density at radius 3 is 2.86 bits per heavy atom. The van der Waals surface area contributed by atoms with Gasteiger partial charge in [-0.2, -0.15) is 4.98 Å². The van der Waals surface area contributed by atoms with Crippen LogP contribution >= 0.6 is 0 Å². The Labute approximate surface area is 204 Å². The van der Waals surface area contributed by atoms with E-state index in [-0.39, 0.29) is 5.91 Å². The number of aromatic amines is 1. The van der Waals surface area contributed by atoms with Gasteiger partial charge in [-0.05, 0) is 75.3 Å². The second kappa shape index (κ2) is 10.6. The van der Waals surface area contributed by atoms with E-state index >= 15 is 0 Å². The monoisotopic (exact) mass is 470 g/mol.